The molecule has 0 radical (unpaired) electrons. The monoisotopic (exact) mass is 349 g/mol. The van der Waals surface area contributed by atoms with Crippen LogP contribution in [-0.2, 0) is 22.0 Å². The molecule has 140 valence electrons. The summed E-state index contributed by atoms with van der Waals surface area (Å²) in [6.07, 6.45) is 6.53. The van der Waals surface area contributed by atoms with Crippen molar-refractivity contribution in [3.05, 3.63) is 17.5 Å². The number of amides is 1. The number of nitrogens with one attached hydrogen (secondary N) is 1. The van der Waals surface area contributed by atoms with E-state index < -0.39 is 6.04 Å². The van der Waals surface area contributed by atoms with Crippen molar-refractivity contribution in [3.8, 4) is 0 Å². The molecule has 1 amide bonds. The van der Waals surface area contributed by atoms with Gasteiger partial charge in [0.2, 0.25) is 0 Å². The van der Waals surface area contributed by atoms with Crippen LogP contribution in [0.3, 0.4) is 0 Å². The van der Waals surface area contributed by atoms with Gasteiger partial charge in [0.05, 0.1) is 12.8 Å². The average molecular weight is 349 g/mol. The van der Waals surface area contributed by atoms with Crippen LogP contribution in [0.15, 0.2) is 6.07 Å². The molecular weight excluding hydrogens is 318 g/mol. The maximum absolute atomic E-state index is 12.7. The van der Waals surface area contributed by atoms with Crippen LogP contribution in [0.1, 0.15) is 75.5 Å². The Balaban J connectivity index is 2.10. The predicted molar refractivity (Wildman–Crippen MR) is 96.4 cm³/mol. The van der Waals surface area contributed by atoms with Gasteiger partial charge in [-0.15, -0.1) is 0 Å². The molecule has 1 aliphatic carbocycles. The lowest BCUT2D eigenvalue weighted by Gasteiger charge is -2.25. The second-order valence-electron chi connectivity index (χ2n) is 8.08. The van der Waals surface area contributed by atoms with Crippen molar-refractivity contribution in [2.75, 3.05) is 7.11 Å². The van der Waals surface area contributed by atoms with Crippen LogP contribution in [-0.4, -0.2) is 34.8 Å². The van der Waals surface area contributed by atoms with Crippen molar-refractivity contribution in [2.24, 2.45) is 13.0 Å². The molecule has 6 heteroatoms. The fourth-order valence-corrected chi connectivity index (χ4v) is 3.39. The summed E-state index contributed by atoms with van der Waals surface area (Å²) in [5.74, 6) is -0.191. The van der Waals surface area contributed by atoms with Gasteiger partial charge in [-0.3, -0.25) is 9.48 Å². The van der Waals surface area contributed by atoms with Crippen molar-refractivity contribution in [3.63, 3.8) is 0 Å². The largest absolute Gasteiger partial charge is 0.467 e. The van der Waals surface area contributed by atoms with Crippen LogP contribution in [0.5, 0.6) is 0 Å². The number of esters is 1. The minimum Gasteiger partial charge on any atom is -0.467 e. The maximum atomic E-state index is 12.7. The zero-order valence-electron chi connectivity index (χ0n) is 16.1. The molecule has 0 bridgehead atoms. The highest BCUT2D eigenvalue weighted by molar-refractivity contribution is 5.95. The molecule has 1 aromatic rings. The molecule has 1 aliphatic rings. The summed E-state index contributed by atoms with van der Waals surface area (Å²) in [7, 11) is 3.11. The molecule has 1 fully saturated rings. The first-order valence-corrected chi connectivity index (χ1v) is 9.15. The minimum absolute atomic E-state index is 0.139. The molecule has 0 unspecified atom stereocenters. The molecule has 2 rings (SSSR count). The van der Waals surface area contributed by atoms with Gasteiger partial charge in [-0.25, -0.2) is 4.79 Å². The summed E-state index contributed by atoms with van der Waals surface area (Å²) in [6.45, 7) is 6.16. The van der Waals surface area contributed by atoms with E-state index in [1.165, 1.54) is 26.4 Å². The third-order valence-electron chi connectivity index (χ3n) is 4.97. The van der Waals surface area contributed by atoms with Gasteiger partial charge in [0.1, 0.15) is 11.7 Å². The molecule has 1 atom stereocenters. The first-order valence-electron chi connectivity index (χ1n) is 9.15. The Morgan fingerprint density at radius 2 is 1.96 bits per heavy atom. The van der Waals surface area contributed by atoms with Crippen LogP contribution in [0.4, 0.5) is 0 Å². The number of aryl methyl sites for hydroxylation is 1. The van der Waals surface area contributed by atoms with Gasteiger partial charge in [-0.05, 0) is 18.4 Å². The second-order valence-corrected chi connectivity index (χ2v) is 8.08. The first kappa shape index (κ1) is 19.5. The average Bonchev–Trinajstić information content (AvgIpc) is 2.96. The molecule has 25 heavy (non-hydrogen) atoms. The predicted octanol–water partition coefficient (Wildman–Crippen LogP) is 2.96. The summed E-state index contributed by atoms with van der Waals surface area (Å²) >= 11 is 0. The zero-order chi connectivity index (χ0) is 18.6. The van der Waals surface area contributed by atoms with Gasteiger partial charge in [-0.2, -0.15) is 5.10 Å². The summed E-state index contributed by atoms with van der Waals surface area (Å²) in [5.41, 5.74) is 1.17. The van der Waals surface area contributed by atoms with Crippen LogP contribution >= 0.6 is 0 Å². The van der Waals surface area contributed by atoms with Crippen LogP contribution in [0.2, 0.25) is 0 Å². The Bertz CT molecular complexity index is 610. The van der Waals surface area contributed by atoms with Crippen LogP contribution in [0, 0.1) is 5.92 Å². The number of carbonyl (C=O) groups excluding carboxylic acids is 2. The molecule has 0 aliphatic heterocycles. The van der Waals surface area contributed by atoms with E-state index in [0.29, 0.717) is 18.0 Å². The third-order valence-corrected chi connectivity index (χ3v) is 4.97. The number of nitrogens with zero attached hydrogens (tertiary/aromatic N) is 2. The third kappa shape index (κ3) is 5.06. The Hall–Kier alpha value is -1.85. The van der Waals surface area contributed by atoms with Gasteiger partial charge in [0, 0.05) is 12.5 Å². The highest BCUT2D eigenvalue weighted by Crippen LogP contribution is 2.28. The molecule has 1 heterocycles. The van der Waals surface area contributed by atoms with Gasteiger partial charge < -0.3 is 10.1 Å². The van der Waals surface area contributed by atoms with E-state index in [2.05, 4.69) is 31.2 Å². The molecule has 1 N–H and O–H groups in total. The first-order chi connectivity index (χ1) is 11.7. The van der Waals surface area contributed by atoms with Crippen LogP contribution < -0.4 is 5.32 Å². The Labute approximate surface area is 150 Å². The lowest BCUT2D eigenvalue weighted by molar-refractivity contribution is -0.143. The lowest BCUT2D eigenvalue weighted by atomic mass is 9.85. The number of rotatable bonds is 5. The normalized spacial score (nSPS) is 17.2. The quantitative estimate of drug-likeness (QED) is 0.830. The molecule has 1 aromatic heterocycles. The van der Waals surface area contributed by atoms with E-state index in [-0.39, 0.29) is 17.3 Å². The van der Waals surface area contributed by atoms with E-state index in [1.54, 1.807) is 17.8 Å². The van der Waals surface area contributed by atoms with Crippen molar-refractivity contribution < 1.29 is 14.3 Å². The van der Waals surface area contributed by atoms with Crippen LogP contribution in [0.25, 0.3) is 0 Å². The molecule has 0 saturated heterocycles. The molecule has 0 spiro atoms. The standard InChI is InChI=1S/C19H31N3O3/c1-19(2,3)16-12-15(22(4)21-16)17(23)20-14(18(24)25-5)11-13-9-7-6-8-10-13/h12-14H,6-11H2,1-5H3,(H,20,23)/t14-/m1/s1. The number of aromatic nitrogens is 2. The van der Waals surface area contributed by atoms with Crippen molar-refractivity contribution in [1.82, 2.24) is 15.1 Å². The molecule has 1 saturated carbocycles. The lowest BCUT2D eigenvalue weighted by Crippen LogP contribution is -2.43. The fraction of sp³-hybridized carbons (Fsp3) is 0.737. The van der Waals surface area contributed by atoms with Gasteiger partial charge >= 0.3 is 5.97 Å². The highest BCUT2D eigenvalue weighted by atomic mass is 16.5. The van der Waals surface area contributed by atoms with E-state index in [9.17, 15) is 9.59 Å². The van der Waals surface area contributed by atoms with Crippen molar-refractivity contribution in [1.29, 1.82) is 0 Å². The van der Waals surface area contributed by atoms with Gasteiger partial charge in [0.15, 0.2) is 0 Å². The van der Waals surface area contributed by atoms with Crippen molar-refractivity contribution in [2.45, 2.75) is 70.8 Å². The molecule has 0 aromatic carbocycles. The zero-order valence-corrected chi connectivity index (χ0v) is 16.1. The van der Waals surface area contributed by atoms with E-state index in [0.717, 1.165) is 18.5 Å². The fourth-order valence-electron chi connectivity index (χ4n) is 3.39. The summed E-state index contributed by atoms with van der Waals surface area (Å²) in [5, 5.41) is 7.29. The SMILES string of the molecule is COC(=O)[C@@H](CC1CCCCC1)NC(=O)c1cc(C(C)(C)C)nn1C. The van der Waals surface area contributed by atoms with E-state index >= 15 is 0 Å². The van der Waals surface area contributed by atoms with E-state index in [1.807, 2.05) is 0 Å². The van der Waals surface area contributed by atoms with Gasteiger partial charge in [-0.1, -0.05) is 52.9 Å². The summed E-state index contributed by atoms with van der Waals surface area (Å²) in [4.78, 5) is 24.8. The number of hydrogen-bond acceptors (Lipinski definition) is 4. The Morgan fingerprint density at radius 1 is 1.32 bits per heavy atom. The Kier molecular flexibility index (Phi) is 6.25. The number of ether oxygens (including phenoxy) is 1. The Morgan fingerprint density at radius 3 is 2.48 bits per heavy atom. The number of methoxy groups -OCH3 is 1. The smallest absolute Gasteiger partial charge is 0.328 e. The van der Waals surface area contributed by atoms with E-state index in [4.69, 9.17) is 4.74 Å². The summed E-state index contributed by atoms with van der Waals surface area (Å²) in [6, 6.07) is 1.19. The second kappa shape index (κ2) is 8.02. The maximum Gasteiger partial charge on any atom is 0.328 e. The topological polar surface area (TPSA) is 73.2 Å². The highest BCUT2D eigenvalue weighted by Gasteiger charge is 2.28. The molecule has 6 nitrogen and oxygen atoms in total. The number of hydrogen-bond donors (Lipinski definition) is 1. The van der Waals surface area contributed by atoms with Crippen molar-refractivity contribution >= 4 is 11.9 Å². The number of carbonyl (C=O) groups is 2. The molecular formula is C19H31N3O3. The van der Waals surface area contributed by atoms with Gasteiger partial charge in [0.25, 0.3) is 5.91 Å². The minimum atomic E-state index is -0.603. The summed E-state index contributed by atoms with van der Waals surface area (Å²) < 4.78 is 6.48.